The minimum atomic E-state index is 0.815. The molecular weight excluding hydrogens is 138 g/mol. The maximum atomic E-state index is 5.33. The monoisotopic (exact) mass is 157 g/mol. The van der Waals surface area contributed by atoms with E-state index in [1.807, 2.05) is 6.92 Å². The Balaban J connectivity index is 3.27. The van der Waals surface area contributed by atoms with Gasteiger partial charge >= 0.3 is 0 Å². The lowest BCUT2D eigenvalue weighted by Crippen LogP contribution is -2.01. The molecule has 0 aliphatic heterocycles. The van der Waals surface area contributed by atoms with E-state index in [9.17, 15) is 0 Å². The number of rotatable bonds is 5. The highest BCUT2D eigenvalue weighted by Crippen LogP contribution is 1.90. The summed E-state index contributed by atoms with van der Waals surface area (Å²) in [5, 5.41) is 0. The van der Waals surface area contributed by atoms with Crippen molar-refractivity contribution in [3.05, 3.63) is 0 Å². The Hall–Kier alpha value is -0.530. The van der Waals surface area contributed by atoms with Crippen molar-refractivity contribution in [3.63, 3.8) is 0 Å². The molecule has 0 fully saturated rings. The van der Waals surface area contributed by atoms with E-state index in [1.165, 1.54) is 6.42 Å². The molecular formula is C9H19NO. The number of hydrogen-bond acceptors (Lipinski definition) is 2. The van der Waals surface area contributed by atoms with E-state index >= 15 is 0 Å². The van der Waals surface area contributed by atoms with Crippen LogP contribution in [0.4, 0.5) is 0 Å². The second-order valence-corrected chi connectivity index (χ2v) is 2.60. The second kappa shape index (κ2) is 7.58. The molecule has 66 valence electrons. The van der Waals surface area contributed by atoms with E-state index in [-0.39, 0.29) is 0 Å². The molecule has 0 unspecified atom stereocenters. The molecule has 0 saturated carbocycles. The first-order chi connectivity index (χ1) is 5.31. The van der Waals surface area contributed by atoms with Gasteiger partial charge in [-0.2, -0.15) is 0 Å². The van der Waals surface area contributed by atoms with Gasteiger partial charge in [-0.1, -0.05) is 20.3 Å². The number of ether oxygens (including phenoxy) is 1. The normalized spacial score (nSPS) is 11.7. The molecule has 0 N–H and O–H groups in total. The van der Waals surface area contributed by atoms with Gasteiger partial charge in [-0.3, -0.25) is 4.99 Å². The fourth-order valence-corrected chi connectivity index (χ4v) is 0.679. The van der Waals surface area contributed by atoms with E-state index in [2.05, 4.69) is 18.8 Å². The van der Waals surface area contributed by atoms with Crippen molar-refractivity contribution in [1.29, 1.82) is 0 Å². The van der Waals surface area contributed by atoms with Crippen LogP contribution in [0.5, 0.6) is 0 Å². The van der Waals surface area contributed by atoms with Crippen molar-refractivity contribution < 1.29 is 4.74 Å². The van der Waals surface area contributed by atoms with Crippen LogP contribution in [0.25, 0.3) is 0 Å². The van der Waals surface area contributed by atoms with Crippen LogP contribution in [0.1, 0.15) is 40.0 Å². The molecule has 0 aromatic heterocycles. The average Bonchev–Trinajstić information content (AvgIpc) is 2.01. The highest BCUT2D eigenvalue weighted by molar-refractivity contribution is 5.72. The SMILES string of the molecule is CCCCOC(C)=NCCC. The number of unbranched alkanes of at least 4 members (excludes halogenated alkanes) is 1. The maximum Gasteiger partial charge on any atom is 0.179 e. The van der Waals surface area contributed by atoms with Gasteiger partial charge in [0.2, 0.25) is 0 Å². The lowest BCUT2D eigenvalue weighted by molar-refractivity contribution is 0.293. The lowest BCUT2D eigenvalue weighted by Gasteiger charge is -2.02. The summed E-state index contributed by atoms with van der Waals surface area (Å²) in [5.74, 6) is 0.834. The Morgan fingerprint density at radius 3 is 2.55 bits per heavy atom. The molecule has 0 amide bonds. The van der Waals surface area contributed by atoms with Gasteiger partial charge in [-0.15, -0.1) is 0 Å². The minimum absolute atomic E-state index is 0.815. The van der Waals surface area contributed by atoms with Gasteiger partial charge in [-0.25, -0.2) is 0 Å². The van der Waals surface area contributed by atoms with Crippen molar-refractivity contribution in [2.24, 2.45) is 4.99 Å². The third-order valence-electron chi connectivity index (χ3n) is 1.37. The Labute approximate surface area is 69.7 Å². The van der Waals surface area contributed by atoms with Gasteiger partial charge in [0.05, 0.1) is 6.61 Å². The zero-order valence-electron chi connectivity index (χ0n) is 7.89. The van der Waals surface area contributed by atoms with Crippen molar-refractivity contribution in [2.45, 2.75) is 40.0 Å². The van der Waals surface area contributed by atoms with Crippen molar-refractivity contribution in [2.75, 3.05) is 13.2 Å². The van der Waals surface area contributed by atoms with E-state index in [0.29, 0.717) is 0 Å². The molecule has 0 radical (unpaired) electrons. The summed E-state index contributed by atoms with van der Waals surface area (Å²) in [5.41, 5.74) is 0. The van der Waals surface area contributed by atoms with Crippen LogP contribution in [-0.2, 0) is 4.74 Å². The highest BCUT2D eigenvalue weighted by Gasteiger charge is 1.89. The largest absolute Gasteiger partial charge is 0.481 e. The smallest absolute Gasteiger partial charge is 0.179 e. The minimum Gasteiger partial charge on any atom is -0.481 e. The highest BCUT2D eigenvalue weighted by atomic mass is 16.5. The third-order valence-corrected chi connectivity index (χ3v) is 1.37. The Kier molecular flexibility index (Phi) is 7.21. The fourth-order valence-electron chi connectivity index (χ4n) is 0.679. The molecule has 0 aliphatic carbocycles. The first kappa shape index (κ1) is 10.5. The number of nitrogens with zero attached hydrogens (tertiary/aromatic N) is 1. The Morgan fingerprint density at radius 2 is 2.00 bits per heavy atom. The van der Waals surface area contributed by atoms with Gasteiger partial charge in [0.15, 0.2) is 5.90 Å². The van der Waals surface area contributed by atoms with E-state index < -0.39 is 0 Å². The van der Waals surface area contributed by atoms with Crippen LogP contribution in [0.3, 0.4) is 0 Å². The predicted molar refractivity (Wildman–Crippen MR) is 49.1 cm³/mol. The zero-order chi connectivity index (χ0) is 8.53. The molecule has 0 saturated heterocycles. The van der Waals surface area contributed by atoms with Gasteiger partial charge < -0.3 is 4.74 Å². The predicted octanol–water partition coefficient (Wildman–Crippen LogP) is 2.63. The third kappa shape index (κ3) is 7.37. The van der Waals surface area contributed by atoms with Crippen LogP contribution in [0.2, 0.25) is 0 Å². The van der Waals surface area contributed by atoms with Crippen LogP contribution in [-0.4, -0.2) is 19.0 Å². The summed E-state index contributed by atoms with van der Waals surface area (Å²) in [6.07, 6.45) is 3.40. The molecule has 2 nitrogen and oxygen atoms in total. The van der Waals surface area contributed by atoms with Crippen LogP contribution < -0.4 is 0 Å². The summed E-state index contributed by atoms with van der Waals surface area (Å²) in [6, 6.07) is 0. The Morgan fingerprint density at radius 1 is 1.27 bits per heavy atom. The zero-order valence-corrected chi connectivity index (χ0v) is 7.89. The topological polar surface area (TPSA) is 21.6 Å². The molecule has 0 aromatic rings. The van der Waals surface area contributed by atoms with Gasteiger partial charge in [0, 0.05) is 13.5 Å². The second-order valence-electron chi connectivity index (χ2n) is 2.60. The van der Waals surface area contributed by atoms with E-state index in [1.54, 1.807) is 0 Å². The van der Waals surface area contributed by atoms with Gasteiger partial charge in [0.1, 0.15) is 0 Å². The lowest BCUT2D eigenvalue weighted by atomic mass is 10.4. The molecule has 0 heterocycles. The summed E-state index contributed by atoms with van der Waals surface area (Å²) in [7, 11) is 0. The van der Waals surface area contributed by atoms with Crippen molar-refractivity contribution >= 4 is 5.90 Å². The first-order valence-electron chi connectivity index (χ1n) is 4.45. The molecule has 11 heavy (non-hydrogen) atoms. The Bertz CT molecular complexity index is 110. The standard InChI is InChI=1S/C9H19NO/c1-4-6-8-11-9(3)10-7-5-2/h4-8H2,1-3H3. The van der Waals surface area contributed by atoms with Crippen LogP contribution in [0, 0.1) is 0 Å². The number of hydrogen-bond donors (Lipinski definition) is 0. The molecule has 0 rings (SSSR count). The summed E-state index contributed by atoms with van der Waals surface area (Å²) >= 11 is 0. The molecule has 0 aliphatic rings. The molecule has 0 bridgehead atoms. The van der Waals surface area contributed by atoms with Crippen LogP contribution in [0.15, 0.2) is 4.99 Å². The summed E-state index contributed by atoms with van der Waals surface area (Å²) < 4.78 is 5.33. The van der Waals surface area contributed by atoms with Gasteiger partial charge in [-0.05, 0) is 12.8 Å². The van der Waals surface area contributed by atoms with Crippen molar-refractivity contribution in [1.82, 2.24) is 0 Å². The summed E-state index contributed by atoms with van der Waals surface area (Å²) in [6.45, 7) is 7.89. The molecule has 2 heteroatoms. The molecule has 0 spiro atoms. The van der Waals surface area contributed by atoms with Crippen LogP contribution >= 0.6 is 0 Å². The maximum absolute atomic E-state index is 5.33. The first-order valence-corrected chi connectivity index (χ1v) is 4.45. The molecule has 0 aromatic carbocycles. The summed E-state index contributed by atoms with van der Waals surface area (Å²) in [4.78, 5) is 4.21. The van der Waals surface area contributed by atoms with Crippen molar-refractivity contribution in [3.8, 4) is 0 Å². The van der Waals surface area contributed by atoms with Gasteiger partial charge in [0.25, 0.3) is 0 Å². The quantitative estimate of drug-likeness (QED) is 0.341. The van der Waals surface area contributed by atoms with E-state index in [0.717, 1.165) is 31.9 Å². The fraction of sp³-hybridized carbons (Fsp3) is 0.889. The van der Waals surface area contributed by atoms with E-state index in [4.69, 9.17) is 4.74 Å². The number of aliphatic imine (C=N–C) groups is 1. The average molecular weight is 157 g/mol. The molecule has 0 atom stereocenters.